The van der Waals surface area contributed by atoms with E-state index in [2.05, 4.69) is 27.5 Å². The fourth-order valence-corrected chi connectivity index (χ4v) is 4.78. The smallest absolute Gasteiger partial charge is 0.128 e. The van der Waals surface area contributed by atoms with Crippen LogP contribution in [0.2, 0.25) is 5.02 Å². The summed E-state index contributed by atoms with van der Waals surface area (Å²) in [5, 5.41) is 4.96. The second kappa shape index (κ2) is 7.66. The van der Waals surface area contributed by atoms with Gasteiger partial charge in [0.15, 0.2) is 0 Å². The molecule has 0 spiro atoms. The van der Waals surface area contributed by atoms with Gasteiger partial charge in [-0.05, 0) is 35.4 Å². The van der Waals surface area contributed by atoms with Gasteiger partial charge in [-0.25, -0.2) is 9.97 Å². The van der Waals surface area contributed by atoms with E-state index in [0.717, 1.165) is 42.9 Å². The summed E-state index contributed by atoms with van der Waals surface area (Å²) in [6.45, 7) is 0. The minimum absolute atomic E-state index is 0.733. The van der Waals surface area contributed by atoms with E-state index in [-0.39, 0.29) is 0 Å². The third-order valence-electron chi connectivity index (χ3n) is 4.00. The van der Waals surface area contributed by atoms with E-state index in [9.17, 15) is 0 Å². The van der Waals surface area contributed by atoms with E-state index in [0.29, 0.717) is 0 Å². The first-order valence-corrected chi connectivity index (χ1v) is 10.2. The molecule has 0 bridgehead atoms. The molecule has 130 valence electrons. The summed E-state index contributed by atoms with van der Waals surface area (Å²) in [5.41, 5.74) is 3.47. The number of benzene rings is 2. The largest absolute Gasteiger partial charge is 0.497 e. The Morgan fingerprint density at radius 3 is 2.77 bits per heavy atom. The number of ether oxygens (including phenoxy) is 1. The first-order chi connectivity index (χ1) is 12.7. The Kier molecular flexibility index (Phi) is 5.11. The molecule has 0 aliphatic rings. The van der Waals surface area contributed by atoms with Gasteiger partial charge in [-0.3, -0.25) is 0 Å². The Bertz CT molecular complexity index is 1050. The van der Waals surface area contributed by atoms with E-state index >= 15 is 0 Å². The number of thiophene rings is 1. The van der Waals surface area contributed by atoms with Crippen LogP contribution < -0.4 is 4.74 Å². The van der Waals surface area contributed by atoms with Crippen molar-refractivity contribution >= 4 is 44.9 Å². The molecule has 2 aromatic heterocycles. The summed E-state index contributed by atoms with van der Waals surface area (Å²) in [6, 6.07) is 16.0. The second-order valence-corrected chi connectivity index (χ2v) is 7.91. The van der Waals surface area contributed by atoms with Crippen LogP contribution in [-0.2, 0) is 5.75 Å². The van der Waals surface area contributed by atoms with Crippen LogP contribution in [0.15, 0.2) is 65.3 Å². The van der Waals surface area contributed by atoms with Crippen molar-refractivity contribution in [3.05, 3.63) is 70.8 Å². The molecule has 0 saturated heterocycles. The fraction of sp³-hybridized carbons (Fsp3) is 0.100. The average molecular weight is 399 g/mol. The topological polar surface area (TPSA) is 35.0 Å². The monoisotopic (exact) mass is 398 g/mol. The highest BCUT2D eigenvalue weighted by Crippen LogP contribution is 2.39. The molecule has 0 radical (unpaired) electrons. The number of nitrogens with zero attached hydrogens (tertiary/aromatic N) is 2. The normalized spacial score (nSPS) is 11.0. The number of fused-ring (bicyclic) bond motifs is 1. The molecular formula is C20H15ClN2OS2. The molecule has 0 aliphatic heterocycles. The van der Waals surface area contributed by atoms with E-state index in [1.807, 2.05) is 36.4 Å². The Morgan fingerprint density at radius 1 is 1.12 bits per heavy atom. The van der Waals surface area contributed by atoms with Crippen LogP contribution in [0.5, 0.6) is 5.75 Å². The number of halogens is 1. The standard InChI is InChI=1S/C20H15ClN2OS2/c1-24-16-4-2-3-13(9-16)10-25-19-18-17(11-26-20(18)23-12-22-19)14-5-7-15(21)8-6-14/h2-9,11-12H,10H2,1H3. The Morgan fingerprint density at radius 2 is 1.96 bits per heavy atom. The van der Waals surface area contributed by atoms with Gasteiger partial charge in [0, 0.05) is 21.7 Å². The van der Waals surface area contributed by atoms with Crippen LogP contribution in [0.4, 0.5) is 0 Å². The van der Waals surface area contributed by atoms with Crippen molar-refractivity contribution in [2.75, 3.05) is 7.11 Å². The van der Waals surface area contributed by atoms with Crippen LogP contribution in [0.3, 0.4) is 0 Å². The number of hydrogen-bond donors (Lipinski definition) is 0. The van der Waals surface area contributed by atoms with Gasteiger partial charge in [0.1, 0.15) is 21.9 Å². The van der Waals surface area contributed by atoms with Crippen LogP contribution in [0.25, 0.3) is 21.3 Å². The minimum Gasteiger partial charge on any atom is -0.497 e. The van der Waals surface area contributed by atoms with Crippen LogP contribution in [0, 0.1) is 0 Å². The van der Waals surface area contributed by atoms with E-state index < -0.39 is 0 Å². The lowest BCUT2D eigenvalue weighted by Crippen LogP contribution is -1.88. The van der Waals surface area contributed by atoms with Crippen LogP contribution in [0.1, 0.15) is 5.56 Å². The fourth-order valence-electron chi connectivity index (χ4n) is 2.71. The van der Waals surface area contributed by atoms with E-state index in [4.69, 9.17) is 16.3 Å². The number of methoxy groups -OCH3 is 1. The van der Waals surface area contributed by atoms with E-state index in [1.54, 1.807) is 36.5 Å². The third kappa shape index (κ3) is 3.56. The zero-order chi connectivity index (χ0) is 17.9. The number of rotatable bonds is 5. The first kappa shape index (κ1) is 17.3. The highest BCUT2D eigenvalue weighted by Gasteiger charge is 2.13. The summed E-state index contributed by atoms with van der Waals surface area (Å²) in [6.07, 6.45) is 1.64. The van der Waals surface area contributed by atoms with Gasteiger partial charge < -0.3 is 4.74 Å². The summed E-state index contributed by atoms with van der Waals surface area (Å²) in [7, 11) is 1.68. The second-order valence-electron chi connectivity index (χ2n) is 5.66. The molecule has 0 atom stereocenters. The maximum absolute atomic E-state index is 6.03. The quantitative estimate of drug-likeness (QED) is 0.291. The van der Waals surface area contributed by atoms with Gasteiger partial charge in [0.25, 0.3) is 0 Å². The molecule has 4 rings (SSSR count). The molecule has 0 fully saturated rings. The lowest BCUT2D eigenvalue weighted by atomic mass is 10.1. The van der Waals surface area contributed by atoms with E-state index in [1.165, 1.54) is 5.56 Å². The Labute approximate surface area is 165 Å². The van der Waals surface area contributed by atoms with Gasteiger partial charge in [-0.2, -0.15) is 0 Å². The maximum atomic E-state index is 6.03. The van der Waals surface area contributed by atoms with Crippen molar-refractivity contribution < 1.29 is 4.74 Å². The minimum atomic E-state index is 0.733. The molecular weight excluding hydrogens is 384 g/mol. The molecule has 6 heteroatoms. The third-order valence-corrected chi connectivity index (χ3v) is 6.20. The maximum Gasteiger partial charge on any atom is 0.128 e. The van der Waals surface area contributed by atoms with Crippen molar-refractivity contribution in [3.8, 4) is 16.9 Å². The Balaban J connectivity index is 1.68. The molecule has 0 unspecified atom stereocenters. The molecule has 0 N–H and O–H groups in total. The van der Waals surface area contributed by atoms with Crippen molar-refractivity contribution in [1.82, 2.24) is 9.97 Å². The lowest BCUT2D eigenvalue weighted by Gasteiger charge is -2.07. The van der Waals surface area contributed by atoms with Crippen molar-refractivity contribution in [1.29, 1.82) is 0 Å². The molecule has 2 heterocycles. The summed E-state index contributed by atoms with van der Waals surface area (Å²) in [5.74, 6) is 1.69. The summed E-state index contributed by atoms with van der Waals surface area (Å²) < 4.78 is 5.31. The van der Waals surface area contributed by atoms with Gasteiger partial charge >= 0.3 is 0 Å². The zero-order valence-corrected chi connectivity index (χ0v) is 16.4. The van der Waals surface area contributed by atoms with Crippen molar-refractivity contribution in [3.63, 3.8) is 0 Å². The highest BCUT2D eigenvalue weighted by molar-refractivity contribution is 7.98. The molecule has 26 heavy (non-hydrogen) atoms. The predicted octanol–water partition coefficient (Wildman–Crippen LogP) is 6.31. The van der Waals surface area contributed by atoms with Crippen LogP contribution >= 0.6 is 34.7 Å². The number of thioether (sulfide) groups is 1. The lowest BCUT2D eigenvalue weighted by molar-refractivity contribution is 0.414. The van der Waals surface area contributed by atoms with Gasteiger partial charge in [0.2, 0.25) is 0 Å². The molecule has 0 amide bonds. The molecule has 3 nitrogen and oxygen atoms in total. The van der Waals surface area contributed by atoms with Gasteiger partial charge in [-0.15, -0.1) is 23.1 Å². The molecule has 0 saturated carbocycles. The SMILES string of the molecule is COc1cccc(CSc2ncnc3scc(-c4ccc(Cl)cc4)c23)c1. The zero-order valence-electron chi connectivity index (χ0n) is 14.0. The van der Waals surface area contributed by atoms with Crippen LogP contribution in [-0.4, -0.2) is 17.1 Å². The number of hydrogen-bond acceptors (Lipinski definition) is 5. The predicted molar refractivity (Wildman–Crippen MR) is 110 cm³/mol. The van der Waals surface area contributed by atoms with Gasteiger partial charge in [-0.1, -0.05) is 35.9 Å². The summed E-state index contributed by atoms with van der Waals surface area (Å²) >= 11 is 9.38. The number of aromatic nitrogens is 2. The average Bonchev–Trinajstić information content (AvgIpc) is 3.12. The highest BCUT2D eigenvalue weighted by atomic mass is 35.5. The molecule has 2 aromatic carbocycles. The van der Waals surface area contributed by atoms with Gasteiger partial charge in [0.05, 0.1) is 12.5 Å². The molecule has 4 aromatic rings. The first-order valence-electron chi connectivity index (χ1n) is 7.98. The Hall–Kier alpha value is -2.08. The molecule has 0 aliphatic carbocycles. The van der Waals surface area contributed by atoms with Crippen molar-refractivity contribution in [2.24, 2.45) is 0 Å². The van der Waals surface area contributed by atoms with Crippen molar-refractivity contribution in [2.45, 2.75) is 10.8 Å². The summed E-state index contributed by atoms with van der Waals surface area (Å²) in [4.78, 5) is 9.98.